The summed E-state index contributed by atoms with van der Waals surface area (Å²) in [6, 6.07) is 9.80. The number of carbonyl (C=O) groups excluding carboxylic acids is 2. The van der Waals surface area contributed by atoms with E-state index in [0.717, 1.165) is 74.3 Å². The molecule has 0 spiro atoms. The van der Waals surface area contributed by atoms with Gasteiger partial charge in [0.15, 0.2) is 0 Å². The third-order valence-electron chi connectivity index (χ3n) is 11.5. The molecule has 4 saturated heterocycles. The largest absolute Gasteiger partial charge is 0.378 e. The van der Waals surface area contributed by atoms with Crippen LogP contribution >= 0.6 is 11.3 Å². The van der Waals surface area contributed by atoms with Crippen molar-refractivity contribution in [2.75, 3.05) is 45.9 Å². The summed E-state index contributed by atoms with van der Waals surface area (Å²) in [5.41, 5.74) is 6.56. The van der Waals surface area contributed by atoms with Crippen molar-refractivity contribution in [3.8, 4) is 11.3 Å². The standard InChI is InChI=1S/C38H50N4O3S/c1-24-20-25(2)22-27(21-24)34-31(12-15-40-13-10-28(11-14-40)38(4,5)37(44)41-16-18-45-19-17-41)32-23-33(46-35(32)39-34)26(3)36(43)42-29-6-7-30(42)9-8-29/h20-23,28-30,39H,3,6-19H2,1-2,4-5H3. The molecule has 3 aromatic rings. The molecule has 2 bridgehead atoms. The number of ether oxygens (including phenoxy) is 1. The molecule has 2 aromatic heterocycles. The Morgan fingerprint density at radius 2 is 1.57 bits per heavy atom. The van der Waals surface area contributed by atoms with E-state index in [1.165, 1.54) is 33.3 Å². The molecule has 4 aliphatic rings. The van der Waals surface area contributed by atoms with Crippen molar-refractivity contribution in [1.29, 1.82) is 0 Å². The van der Waals surface area contributed by atoms with E-state index in [1.54, 1.807) is 11.3 Å². The van der Waals surface area contributed by atoms with Gasteiger partial charge in [0.1, 0.15) is 4.83 Å². The fraction of sp³-hybridized carbons (Fsp3) is 0.579. The maximum Gasteiger partial charge on any atom is 0.255 e. The summed E-state index contributed by atoms with van der Waals surface area (Å²) in [6.07, 6.45) is 7.55. The van der Waals surface area contributed by atoms with Crippen LogP contribution in [-0.2, 0) is 20.7 Å². The fourth-order valence-corrected chi connectivity index (χ4v) is 9.86. The number of aryl methyl sites for hydroxylation is 2. The quantitative estimate of drug-likeness (QED) is 0.274. The van der Waals surface area contributed by atoms with Crippen molar-refractivity contribution in [3.63, 3.8) is 0 Å². The first-order valence-electron chi connectivity index (χ1n) is 17.4. The molecule has 0 saturated carbocycles. The fourth-order valence-electron chi connectivity index (χ4n) is 8.81. The summed E-state index contributed by atoms with van der Waals surface area (Å²) >= 11 is 1.67. The number of hydrogen-bond donors (Lipinski definition) is 1. The molecule has 1 N–H and O–H groups in total. The van der Waals surface area contributed by atoms with E-state index in [2.05, 4.69) is 73.3 Å². The lowest BCUT2D eigenvalue weighted by Gasteiger charge is -2.42. The average Bonchev–Trinajstić information content (AvgIpc) is 3.83. The molecule has 0 radical (unpaired) electrons. The number of hydrogen-bond acceptors (Lipinski definition) is 5. The Morgan fingerprint density at radius 1 is 0.935 bits per heavy atom. The molecular formula is C38H50N4O3S. The maximum atomic E-state index is 13.6. The van der Waals surface area contributed by atoms with E-state index in [1.807, 2.05) is 4.90 Å². The second kappa shape index (κ2) is 12.6. The van der Waals surface area contributed by atoms with E-state index in [4.69, 9.17) is 4.74 Å². The Kier molecular flexibility index (Phi) is 8.66. The van der Waals surface area contributed by atoms with Gasteiger partial charge < -0.3 is 24.4 Å². The number of thiophene rings is 1. The minimum Gasteiger partial charge on any atom is -0.378 e. The van der Waals surface area contributed by atoms with Gasteiger partial charge in [-0.2, -0.15) is 0 Å². The van der Waals surface area contributed by atoms with Crippen molar-refractivity contribution in [2.24, 2.45) is 11.3 Å². The van der Waals surface area contributed by atoms with E-state index in [0.29, 0.717) is 49.9 Å². The van der Waals surface area contributed by atoms with Crippen LogP contribution in [0.15, 0.2) is 30.8 Å². The van der Waals surface area contributed by atoms with Crippen molar-refractivity contribution >= 4 is 38.9 Å². The van der Waals surface area contributed by atoms with Crippen molar-refractivity contribution in [3.05, 3.63) is 52.4 Å². The number of morpholine rings is 1. The van der Waals surface area contributed by atoms with Crippen LogP contribution in [0.3, 0.4) is 0 Å². The zero-order valence-electron chi connectivity index (χ0n) is 28.1. The number of aromatic amines is 1. The maximum absolute atomic E-state index is 13.6. The van der Waals surface area contributed by atoms with Gasteiger partial charge in [0, 0.05) is 53.0 Å². The molecule has 4 aliphatic heterocycles. The molecular weight excluding hydrogens is 593 g/mol. The van der Waals surface area contributed by atoms with E-state index < -0.39 is 0 Å². The van der Waals surface area contributed by atoms with Gasteiger partial charge in [-0.25, -0.2) is 0 Å². The summed E-state index contributed by atoms with van der Waals surface area (Å²) in [5, 5.41) is 1.22. The summed E-state index contributed by atoms with van der Waals surface area (Å²) < 4.78 is 5.49. The lowest BCUT2D eigenvalue weighted by atomic mass is 9.72. The van der Waals surface area contributed by atoms with Gasteiger partial charge in [0.25, 0.3) is 5.91 Å². The second-order valence-corrected chi connectivity index (χ2v) is 15.9. The Labute approximate surface area is 278 Å². The number of amides is 2. The number of benzene rings is 1. The van der Waals surface area contributed by atoms with Crippen LogP contribution in [0.1, 0.15) is 73.9 Å². The van der Waals surface area contributed by atoms with Crippen molar-refractivity contribution in [2.45, 2.75) is 84.7 Å². The summed E-state index contributed by atoms with van der Waals surface area (Å²) in [6.45, 7) is 18.7. The van der Waals surface area contributed by atoms with Gasteiger partial charge in [-0.05, 0) is 107 Å². The molecule has 8 heteroatoms. The number of fused-ring (bicyclic) bond motifs is 3. The van der Waals surface area contributed by atoms with Crippen LogP contribution in [0.25, 0.3) is 27.0 Å². The number of rotatable bonds is 8. The lowest BCUT2D eigenvalue weighted by Crippen LogP contribution is -2.51. The Morgan fingerprint density at radius 3 is 2.20 bits per heavy atom. The summed E-state index contributed by atoms with van der Waals surface area (Å²) in [7, 11) is 0. The number of nitrogens with zero attached hydrogens (tertiary/aromatic N) is 3. The predicted octanol–water partition coefficient (Wildman–Crippen LogP) is 6.82. The molecule has 0 unspecified atom stereocenters. The second-order valence-electron chi connectivity index (χ2n) is 14.9. The molecule has 246 valence electrons. The van der Waals surface area contributed by atoms with E-state index in [-0.39, 0.29) is 17.2 Å². The van der Waals surface area contributed by atoms with Gasteiger partial charge >= 0.3 is 0 Å². The van der Waals surface area contributed by atoms with Crippen LogP contribution in [-0.4, -0.2) is 89.5 Å². The zero-order chi connectivity index (χ0) is 32.2. The lowest BCUT2D eigenvalue weighted by molar-refractivity contribution is -0.148. The van der Waals surface area contributed by atoms with Crippen LogP contribution in [0.2, 0.25) is 0 Å². The van der Waals surface area contributed by atoms with Gasteiger partial charge in [0.05, 0.1) is 18.9 Å². The van der Waals surface area contributed by atoms with E-state index >= 15 is 0 Å². The topological polar surface area (TPSA) is 68.9 Å². The van der Waals surface area contributed by atoms with E-state index in [9.17, 15) is 9.59 Å². The number of piperidine rings is 1. The number of nitrogens with one attached hydrogen (secondary N) is 1. The highest BCUT2D eigenvalue weighted by atomic mass is 32.1. The minimum absolute atomic E-state index is 0.128. The number of likely N-dealkylation sites (tertiary alicyclic amines) is 1. The molecule has 7 rings (SSSR count). The SMILES string of the molecule is C=C(C(=O)N1C2CCC1CC2)c1cc2c(CCN3CCC(C(C)(C)C(=O)N4CCOCC4)CC3)c(-c3cc(C)cc(C)c3)[nH]c2s1. The molecule has 0 atom stereocenters. The first-order valence-corrected chi connectivity index (χ1v) is 18.3. The number of H-pyrrole nitrogens is 1. The van der Waals surface area contributed by atoms with Crippen LogP contribution in [0, 0.1) is 25.2 Å². The van der Waals surface area contributed by atoms with Gasteiger partial charge in [0.2, 0.25) is 5.91 Å². The molecule has 0 aliphatic carbocycles. The highest BCUT2D eigenvalue weighted by molar-refractivity contribution is 7.20. The smallest absolute Gasteiger partial charge is 0.255 e. The molecule has 6 heterocycles. The molecule has 1 aromatic carbocycles. The van der Waals surface area contributed by atoms with Gasteiger partial charge in [-0.1, -0.05) is 37.6 Å². The van der Waals surface area contributed by atoms with Crippen LogP contribution < -0.4 is 0 Å². The summed E-state index contributed by atoms with van der Waals surface area (Å²) in [4.78, 5) is 39.7. The highest BCUT2D eigenvalue weighted by Gasteiger charge is 2.43. The molecule has 2 amide bonds. The Hall–Kier alpha value is -2.94. The molecule has 46 heavy (non-hydrogen) atoms. The van der Waals surface area contributed by atoms with Crippen molar-refractivity contribution < 1.29 is 14.3 Å². The zero-order valence-corrected chi connectivity index (χ0v) is 28.9. The molecule has 4 fully saturated rings. The Balaban J connectivity index is 1.08. The molecule has 7 nitrogen and oxygen atoms in total. The van der Waals surface area contributed by atoms with Crippen molar-refractivity contribution in [1.82, 2.24) is 19.7 Å². The number of aromatic nitrogens is 1. The minimum atomic E-state index is -0.353. The predicted molar refractivity (Wildman–Crippen MR) is 187 cm³/mol. The van der Waals surface area contributed by atoms with Crippen LogP contribution in [0.5, 0.6) is 0 Å². The average molecular weight is 643 g/mol. The van der Waals surface area contributed by atoms with Gasteiger partial charge in [-0.15, -0.1) is 11.3 Å². The first-order chi connectivity index (χ1) is 22.1. The highest BCUT2D eigenvalue weighted by Crippen LogP contribution is 2.43. The Bertz CT molecular complexity index is 1600. The monoisotopic (exact) mass is 642 g/mol. The van der Waals surface area contributed by atoms with Crippen LogP contribution in [0.4, 0.5) is 0 Å². The normalized spacial score (nSPS) is 22.7. The third-order valence-corrected chi connectivity index (χ3v) is 12.6. The number of carbonyl (C=O) groups is 2. The summed E-state index contributed by atoms with van der Waals surface area (Å²) in [5.74, 6) is 0.799. The van der Waals surface area contributed by atoms with Gasteiger partial charge in [-0.3, -0.25) is 9.59 Å². The first kappa shape index (κ1) is 31.6. The third kappa shape index (κ3) is 5.86.